The maximum atomic E-state index is 10.5. The molecule has 0 spiro atoms. The highest BCUT2D eigenvalue weighted by atomic mass is 16.4. The summed E-state index contributed by atoms with van der Waals surface area (Å²) >= 11 is 0. The molecule has 0 aliphatic heterocycles. The summed E-state index contributed by atoms with van der Waals surface area (Å²) in [7, 11) is 0. The van der Waals surface area contributed by atoms with Gasteiger partial charge in [0.25, 0.3) is 0 Å². The van der Waals surface area contributed by atoms with Crippen LogP contribution in [-0.2, 0) is 16.0 Å². The molecule has 0 saturated carbocycles. The van der Waals surface area contributed by atoms with E-state index in [1.807, 2.05) is 30.3 Å². The van der Waals surface area contributed by atoms with Crippen LogP contribution in [-0.4, -0.2) is 23.5 Å². The maximum absolute atomic E-state index is 10.5. The first-order valence-electron chi connectivity index (χ1n) is 4.68. The highest BCUT2D eigenvalue weighted by Gasteiger charge is 2.12. The number of carbonyl (C=O) groups is 2. The third kappa shape index (κ3) is 4.26. The third-order valence-corrected chi connectivity index (χ3v) is 2.05. The number of aliphatic carboxylic acids is 1. The second-order valence-corrected chi connectivity index (χ2v) is 3.27. The van der Waals surface area contributed by atoms with Crippen LogP contribution in [0.25, 0.3) is 0 Å². The van der Waals surface area contributed by atoms with Crippen LogP contribution in [0.3, 0.4) is 0 Å². The fraction of sp³-hybridized carbons (Fsp3) is 0.273. The van der Waals surface area contributed by atoms with Crippen LogP contribution in [0.15, 0.2) is 30.3 Å². The van der Waals surface area contributed by atoms with Crippen molar-refractivity contribution < 1.29 is 14.7 Å². The van der Waals surface area contributed by atoms with Gasteiger partial charge in [-0.2, -0.15) is 0 Å². The molecule has 0 aliphatic rings. The van der Waals surface area contributed by atoms with Crippen LogP contribution in [0, 0.1) is 0 Å². The Kier molecular flexibility index (Phi) is 4.34. The van der Waals surface area contributed by atoms with Crippen molar-refractivity contribution in [1.82, 2.24) is 5.32 Å². The lowest BCUT2D eigenvalue weighted by atomic mass is 10.0. The number of carboxylic acid groups (broad SMARTS) is 1. The van der Waals surface area contributed by atoms with Gasteiger partial charge in [-0.1, -0.05) is 30.3 Å². The predicted molar refractivity (Wildman–Crippen MR) is 55.4 cm³/mol. The number of carbonyl (C=O) groups excluding carboxylic acids is 1. The summed E-state index contributed by atoms with van der Waals surface area (Å²) < 4.78 is 0. The predicted octanol–water partition coefficient (Wildman–Crippen LogP) is 0.818. The van der Waals surface area contributed by atoms with Gasteiger partial charge in [0.05, 0.1) is 6.42 Å². The fourth-order valence-electron chi connectivity index (χ4n) is 1.40. The normalized spacial score (nSPS) is 11.7. The van der Waals surface area contributed by atoms with E-state index in [1.54, 1.807) is 0 Å². The van der Waals surface area contributed by atoms with Gasteiger partial charge in [0.1, 0.15) is 0 Å². The van der Waals surface area contributed by atoms with Gasteiger partial charge in [-0.15, -0.1) is 0 Å². The van der Waals surface area contributed by atoms with Gasteiger partial charge in [-0.05, 0) is 12.0 Å². The zero-order valence-corrected chi connectivity index (χ0v) is 8.22. The Morgan fingerprint density at radius 1 is 1.40 bits per heavy atom. The Labute approximate surface area is 87.9 Å². The molecule has 0 bridgehead atoms. The Hall–Kier alpha value is -1.84. The first-order valence-corrected chi connectivity index (χ1v) is 4.68. The molecule has 1 unspecified atom stereocenters. The van der Waals surface area contributed by atoms with Gasteiger partial charge in [-0.3, -0.25) is 9.59 Å². The van der Waals surface area contributed by atoms with Gasteiger partial charge >= 0.3 is 5.97 Å². The Balaban J connectivity index is 2.58. The van der Waals surface area contributed by atoms with E-state index in [0.29, 0.717) is 12.8 Å². The minimum atomic E-state index is -0.912. The highest BCUT2D eigenvalue weighted by molar-refractivity contribution is 5.68. The number of amides is 1. The van der Waals surface area contributed by atoms with Gasteiger partial charge in [0.15, 0.2) is 0 Å². The lowest BCUT2D eigenvalue weighted by Gasteiger charge is -2.13. The van der Waals surface area contributed by atoms with Gasteiger partial charge in [0.2, 0.25) is 6.41 Å². The Morgan fingerprint density at radius 3 is 2.60 bits per heavy atom. The van der Waals surface area contributed by atoms with Crippen LogP contribution in [0.4, 0.5) is 0 Å². The molecule has 0 saturated heterocycles. The van der Waals surface area contributed by atoms with Crippen molar-refractivity contribution in [3.63, 3.8) is 0 Å². The molecule has 4 nitrogen and oxygen atoms in total. The summed E-state index contributed by atoms with van der Waals surface area (Å²) in [5.74, 6) is -0.912. The van der Waals surface area contributed by atoms with Crippen molar-refractivity contribution in [3.05, 3.63) is 35.9 Å². The number of benzene rings is 1. The first kappa shape index (κ1) is 11.2. The zero-order valence-electron chi connectivity index (χ0n) is 8.22. The van der Waals surface area contributed by atoms with E-state index in [1.165, 1.54) is 0 Å². The fourth-order valence-corrected chi connectivity index (χ4v) is 1.40. The third-order valence-electron chi connectivity index (χ3n) is 2.05. The van der Waals surface area contributed by atoms with Gasteiger partial charge in [-0.25, -0.2) is 0 Å². The molecule has 2 N–H and O–H groups in total. The zero-order chi connectivity index (χ0) is 11.1. The summed E-state index contributed by atoms with van der Waals surface area (Å²) in [6.07, 6.45) is 1.01. The molecule has 1 atom stereocenters. The van der Waals surface area contributed by atoms with E-state index in [-0.39, 0.29) is 12.5 Å². The lowest BCUT2D eigenvalue weighted by Crippen LogP contribution is -2.32. The molecule has 4 heteroatoms. The number of carboxylic acids is 1. The van der Waals surface area contributed by atoms with Crippen LogP contribution in [0.2, 0.25) is 0 Å². The standard InChI is InChI=1S/C11H13NO3/c13-8-12-10(7-11(14)15)6-9-4-2-1-3-5-9/h1-5,8,10H,6-7H2,(H,12,13)(H,14,15). The van der Waals surface area contributed by atoms with E-state index in [9.17, 15) is 9.59 Å². The quantitative estimate of drug-likeness (QED) is 0.678. The molecule has 0 aromatic heterocycles. The van der Waals surface area contributed by atoms with Crippen molar-refractivity contribution >= 4 is 12.4 Å². The van der Waals surface area contributed by atoms with Crippen LogP contribution in [0.5, 0.6) is 0 Å². The Bertz CT molecular complexity index is 324. The minimum absolute atomic E-state index is 0.0619. The molecular formula is C11H13NO3. The highest BCUT2D eigenvalue weighted by Crippen LogP contribution is 2.05. The van der Waals surface area contributed by atoms with Crippen molar-refractivity contribution in [2.45, 2.75) is 18.9 Å². The average Bonchev–Trinajstić information content (AvgIpc) is 2.18. The monoisotopic (exact) mass is 207 g/mol. The molecule has 1 aromatic carbocycles. The second kappa shape index (κ2) is 5.80. The SMILES string of the molecule is O=CNC(CC(=O)O)Cc1ccccc1. The topological polar surface area (TPSA) is 66.4 Å². The molecule has 1 aromatic rings. The van der Waals surface area contributed by atoms with E-state index in [4.69, 9.17) is 5.11 Å². The summed E-state index contributed by atoms with van der Waals surface area (Å²) in [5, 5.41) is 11.1. The molecule has 1 rings (SSSR count). The van der Waals surface area contributed by atoms with E-state index in [2.05, 4.69) is 5.32 Å². The molecule has 0 radical (unpaired) electrons. The van der Waals surface area contributed by atoms with Crippen LogP contribution >= 0.6 is 0 Å². The minimum Gasteiger partial charge on any atom is -0.481 e. The molecule has 15 heavy (non-hydrogen) atoms. The molecule has 0 heterocycles. The summed E-state index contributed by atoms with van der Waals surface area (Å²) in [6, 6.07) is 9.12. The maximum Gasteiger partial charge on any atom is 0.305 e. The molecule has 0 fully saturated rings. The van der Waals surface area contributed by atoms with Crippen LogP contribution in [0.1, 0.15) is 12.0 Å². The number of nitrogens with one attached hydrogen (secondary N) is 1. The largest absolute Gasteiger partial charge is 0.481 e. The molecule has 0 aliphatic carbocycles. The number of rotatable bonds is 6. The smallest absolute Gasteiger partial charge is 0.305 e. The summed E-state index contributed by atoms with van der Waals surface area (Å²) in [5.41, 5.74) is 1.01. The second-order valence-electron chi connectivity index (χ2n) is 3.27. The Morgan fingerprint density at radius 2 is 2.07 bits per heavy atom. The molecule has 1 amide bonds. The number of hydrogen-bond acceptors (Lipinski definition) is 2. The van der Waals surface area contributed by atoms with E-state index < -0.39 is 5.97 Å². The van der Waals surface area contributed by atoms with E-state index >= 15 is 0 Å². The molecular weight excluding hydrogens is 194 g/mol. The van der Waals surface area contributed by atoms with Crippen molar-refractivity contribution in [2.24, 2.45) is 0 Å². The van der Waals surface area contributed by atoms with Crippen molar-refractivity contribution in [2.75, 3.05) is 0 Å². The van der Waals surface area contributed by atoms with Gasteiger partial charge in [0, 0.05) is 6.04 Å². The lowest BCUT2D eigenvalue weighted by molar-refractivity contribution is -0.137. The molecule has 80 valence electrons. The van der Waals surface area contributed by atoms with Gasteiger partial charge < -0.3 is 10.4 Å². The van der Waals surface area contributed by atoms with Crippen LogP contribution < -0.4 is 5.32 Å². The van der Waals surface area contributed by atoms with E-state index in [0.717, 1.165) is 5.56 Å². The summed E-state index contributed by atoms with van der Waals surface area (Å²) in [6.45, 7) is 0. The first-order chi connectivity index (χ1) is 7.22. The van der Waals surface area contributed by atoms with Crippen molar-refractivity contribution in [1.29, 1.82) is 0 Å². The van der Waals surface area contributed by atoms with Crippen molar-refractivity contribution in [3.8, 4) is 0 Å². The average molecular weight is 207 g/mol. The summed E-state index contributed by atoms with van der Waals surface area (Å²) in [4.78, 5) is 20.8. The number of hydrogen-bond donors (Lipinski definition) is 2.